The normalized spacial score (nSPS) is 13.3. The molecule has 0 unspecified atom stereocenters. The SMILES string of the molecule is Cn1ccc(-c2ccc(CN3Cc4ccnc(OCC(F)F)c4C3=O)c(F)c2)n1. The molecule has 6 nitrogen and oxygen atoms in total. The van der Waals surface area contributed by atoms with Crippen molar-refractivity contribution in [1.29, 1.82) is 0 Å². The van der Waals surface area contributed by atoms with E-state index in [0.29, 0.717) is 22.4 Å². The second kappa shape index (κ2) is 7.57. The van der Waals surface area contributed by atoms with Gasteiger partial charge in [0.1, 0.15) is 11.4 Å². The predicted octanol–water partition coefficient (Wildman–Crippen LogP) is 3.42. The van der Waals surface area contributed by atoms with E-state index in [2.05, 4.69) is 10.1 Å². The van der Waals surface area contributed by atoms with E-state index in [-0.39, 0.29) is 24.5 Å². The van der Waals surface area contributed by atoms with Crippen LogP contribution in [0.2, 0.25) is 0 Å². The first-order valence-electron chi connectivity index (χ1n) is 8.89. The molecule has 1 aromatic carbocycles. The fraction of sp³-hybridized carbons (Fsp3) is 0.250. The number of fused-ring (bicyclic) bond motifs is 1. The number of carbonyl (C=O) groups is 1. The van der Waals surface area contributed by atoms with Crippen molar-refractivity contribution in [3.63, 3.8) is 0 Å². The molecule has 150 valence electrons. The summed E-state index contributed by atoms with van der Waals surface area (Å²) in [6, 6.07) is 8.14. The summed E-state index contributed by atoms with van der Waals surface area (Å²) in [5, 5.41) is 4.24. The van der Waals surface area contributed by atoms with Crippen LogP contribution in [0.4, 0.5) is 13.2 Å². The smallest absolute Gasteiger partial charge is 0.272 e. The molecular weight excluding hydrogens is 385 g/mol. The molecule has 0 atom stereocenters. The van der Waals surface area contributed by atoms with Crippen LogP contribution < -0.4 is 4.74 Å². The standard InChI is InChI=1S/C20H17F3N4O2/c1-26-7-5-16(25-26)12-2-3-13(15(21)8-12)9-27-10-14-4-6-24-19(18(14)20(27)28)29-11-17(22)23/h2-8,17H,9-11H2,1H3. The highest BCUT2D eigenvalue weighted by atomic mass is 19.3. The molecular formula is C20H17F3N4O2. The largest absolute Gasteiger partial charge is 0.471 e. The molecule has 2 aromatic heterocycles. The summed E-state index contributed by atoms with van der Waals surface area (Å²) in [6.45, 7) is -0.584. The quantitative estimate of drug-likeness (QED) is 0.634. The number of halogens is 3. The van der Waals surface area contributed by atoms with Crippen molar-refractivity contribution in [1.82, 2.24) is 19.7 Å². The van der Waals surface area contributed by atoms with Crippen LogP contribution in [0.15, 0.2) is 42.7 Å². The summed E-state index contributed by atoms with van der Waals surface area (Å²) in [6.07, 6.45) is 0.494. The molecule has 0 aliphatic carbocycles. The van der Waals surface area contributed by atoms with Crippen LogP contribution in [0.25, 0.3) is 11.3 Å². The minimum absolute atomic E-state index is 0.0378. The second-order valence-electron chi connectivity index (χ2n) is 6.69. The molecule has 0 N–H and O–H groups in total. The Morgan fingerprint density at radius 1 is 1.24 bits per heavy atom. The third-order valence-corrected chi connectivity index (χ3v) is 4.63. The Labute approximate surface area is 164 Å². The van der Waals surface area contributed by atoms with E-state index in [4.69, 9.17) is 4.74 Å². The Morgan fingerprint density at radius 2 is 2.07 bits per heavy atom. The minimum Gasteiger partial charge on any atom is -0.471 e. The van der Waals surface area contributed by atoms with Gasteiger partial charge in [-0.25, -0.2) is 18.2 Å². The van der Waals surface area contributed by atoms with Gasteiger partial charge in [-0.1, -0.05) is 12.1 Å². The zero-order chi connectivity index (χ0) is 20.5. The Morgan fingerprint density at radius 3 is 2.76 bits per heavy atom. The van der Waals surface area contributed by atoms with Gasteiger partial charge in [0.2, 0.25) is 5.88 Å². The molecule has 0 fully saturated rings. The van der Waals surface area contributed by atoms with Crippen LogP contribution in [0.5, 0.6) is 5.88 Å². The van der Waals surface area contributed by atoms with Gasteiger partial charge in [0.05, 0.1) is 5.69 Å². The van der Waals surface area contributed by atoms with Gasteiger partial charge >= 0.3 is 0 Å². The third-order valence-electron chi connectivity index (χ3n) is 4.63. The number of pyridine rings is 1. The number of alkyl halides is 2. The lowest BCUT2D eigenvalue weighted by atomic mass is 10.1. The third kappa shape index (κ3) is 3.80. The molecule has 9 heteroatoms. The van der Waals surface area contributed by atoms with Crippen LogP contribution in [0.1, 0.15) is 21.5 Å². The zero-order valence-electron chi connectivity index (χ0n) is 15.5. The molecule has 1 aliphatic rings. The van der Waals surface area contributed by atoms with E-state index < -0.39 is 24.8 Å². The fourth-order valence-corrected chi connectivity index (χ4v) is 3.26. The first-order chi connectivity index (χ1) is 13.9. The molecule has 0 spiro atoms. The molecule has 1 aliphatic heterocycles. The van der Waals surface area contributed by atoms with E-state index >= 15 is 0 Å². The minimum atomic E-state index is -2.67. The highest BCUT2D eigenvalue weighted by molar-refractivity contribution is 6.00. The Bertz CT molecular complexity index is 1070. The maximum absolute atomic E-state index is 14.6. The predicted molar refractivity (Wildman–Crippen MR) is 97.9 cm³/mol. The number of benzene rings is 1. The van der Waals surface area contributed by atoms with E-state index in [1.54, 1.807) is 42.2 Å². The number of amides is 1. The molecule has 29 heavy (non-hydrogen) atoms. The lowest BCUT2D eigenvalue weighted by Crippen LogP contribution is -2.24. The lowest BCUT2D eigenvalue weighted by molar-refractivity contribution is 0.0718. The highest BCUT2D eigenvalue weighted by Gasteiger charge is 2.32. The number of aryl methyl sites for hydroxylation is 1. The van der Waals surface area contributed by atoms with Gasteiger partial charge in [-0.15, -0.1) is 0 Å². The van der Waals surface area contributed by atoms with E-state index in [1.807, 2.05) is 0 Å². The van der Waals surface area contributed by atoms with Crippen molar-refractivity contribution in [3.8, 4) is 17.1 Å². The summed E-state index contributed by atoms with van der Waals surface area (Å²) in [4.78, 5) is 18.1. The topological polar surface area (TPSA) is 60.2 Å². The van der Waals surface area contributed by atoms with Crippen LogP contribution >= 0.6 is 0 Å². The number of aromatic nitrogens is 3. The first kappa shape index (κ1) is 19.0. The Balaban J connectivity index is 1.53. The summed E-state index contributed by atoms with van der Waals surface area (Å²) >= 11 is 0. The van der Waals surface area contributed by atoms with Crippen molar-refractivity contribution < 1.29 is 22.7 Å². The van der Waals surface area contributed by atoms with E-state index in [9.17, 15) is 18.0 Å². The summed E-state index contributed by atoms with van der Waals surface area (Å²) in [7, 11) is 1.78. The summed E-state index contributed by atoms with van der Waals surface area (Å²) in [5.41, 5.74) is 2.39. The maximum Gasteiger partial charge on any atom is 0.272 e. The lowest BCUT2D eigenvalue weighted by Gasteiger charge is -2.16. The highest BCUT2D eigenvalue weighted by Crippen LogP contribution is 2.31. The van der Waals surface area contributed by atoms with Crippen molar-refractivity contribution in [3.05, 3.63) is 65.2 Å². The number of hydrogen-bond acceptors (Lipinski definition) is 4. The van der Waals surface area contributed by atoms with E-state index in [0.717, 1.165) is 0 Å². The number of carbonyl (C=O) groups excluding carboxylic acids is 1. The van der Waals surface area contributed by atoms with Gasteiger partial charge in [-0.05, 0) is 23.8 Å². The average molecular weight is 402 g/mol. The van der Waals surface area contributed by atoms with E-state index in [1.165, 1.54) is 17.2 Å². The Hall–Kier alpha value is -3.36. The molecule has 0 saturated carbocycles. The van der Waals surface area contributed by atoms with Crippen LogP contribution in [-0.4, -0.2) is 38.6 Å². The van der Waals surface area contributed by atoms with Crippen molar-refractivity contribution in [2.75, 3.05) is 6.61 Å². The molecule has 0 saturated heterocycles. The fourth-order valence-electron chi connectivity index (χ4n) is 3.26. The van der Waals surface area contributed by atoms with Gasteiger partial charge in [0.15, 0.2) is 6.61 Å². The Kier molecular flexibility index (Phi) is 4.96. The van der Waals surface area contributed by atoms with Crippen LogP contribution in [0, 0.1) is 5.82 Å². The maximum atomic E-state index is 14.6. The molecule has 3 aromatic rings. The number of rotatable bonds is 6. The molecule has 1 amide bonds. The average Bonchev–Trinajstić information content (AvgIpc) is 3.26. The van der Waals surface area contributed by atoms with Crippen LogP contribution in [0.3, 0.4) is 0 Å². The molecule has 4 rings (SSSR count). The second-order valence-corrected chi connectivity index (χ2v) is 6.69. The monoisotopic (exact) mass is 402 g/mol. The van der Waals surface area contributed by atoms with Crippen molar-refractivity contribution in [2.45, 2.75) is 19.5 Å². The van der Waals surface area contributed by atoms with Gasteiger partial charge in [0.25, 0.3) is 12.3 Å². The summed E-state index contributed by atoms with van der Waals surface area (Å²) in [5.74, 6) is -1.00. The van der Waals surface area contributed by atoms with Gasteiger partial charge in [-0.3, -0.25) is 9.48 Å². The molecule has 0 radical (unpaired) electrons. The zero-order valence-corrected chi connectivity index (χ0v) is 15.5. The molecule has 3 heterocycles. The van der Waals surface area contributed by atoms with Gasteiger partial charge in [-0.2, -0.15) is 5.10 Å². The first-order valence-corrected chi connectivity index (χ1v) is 8.89. The number of hydrogen-bond donors (Lipinski definition) is 0. The summed E-state index contributed by atoms with van der Waals surface area (Å²) < 4.78 is 46.1. The number of nitrogens with zero attached hydrogens (tertiary/aromatic N) is 4. The van der Waals surface area contributed by atoms with Gasteiger partial charge < -0.3 is 9.64 Å². The van der Waals surface area contributed by atoms with Crippen LogP contribution in [-0.2, 0) is 20.1 Å². The van der Waals surface area contributed by atoms with Crippen molar-refractivity contribution in [2.24, 2.45) is 7.05 Å². The van der Waals surface area contributed by atoms with Gasteiger partial charge in [0, 0.05) is 43.7 Å². The molecule has 0 bridgehead atoms. The number of ether oxygens (including phenoxy) is 1. The van der Waals surface area contributed by atoms with Crippen molar-refractivity contribution >= 4 is 5.91 Å².